The Bertz CT molecular complexity index is 304. The van der Waals surface area contributed by atoms with Crippen LogP contribution in [0, 0.1) is 11.3 Å². The summed E-state index contributed by atoms with van der Waals surface area (Å²) in [6, 6.07) is 2.13. The minimum atomic E-state index is 0. The third-order valence-electron chi connectivity index (χ3n) is 1.26. The quantitative estimate of drug-likeness (QED) is 0.464. The van der Waals surface area contributed by atoms with Crippen LogP contribution in [-0.4, -0.2) is 13.6 Å². The smallest absolute Gasteiger partial charge is 0.313 e. The molecule has 0 amide bonds. The molecule has 1 aromatic rings. The highest BCUT2D eigenvalue weighted by Crippen LogP contribution is 1.92. The molecule has 5 heteroatoms. The number of hydrogen-bond acceptors (Lipinski definition) is 3. The van der Waals surface area contributed by atoms with Gasteiger partial charge in [-0.1, -0.05) is 22.7 Å². The molecule has 0 unspecified atom stereocenters. The van der Waals surface area contributed by atoms with Crippen LogP contribution in [0.3, 0.4) is 0 Å². The van der Waals surface area contributed by atoms with Crippen LogP contribution in [0.4, 0.5) is 0 Å². The Morgan fingerprint density at radius 3 is 2.58 bits per heavy atom. The first kappa shape index (κ1) is 12.1. The number of nitriles is 1. The first-order valence-corrected chi connectivity index (χ1v) is 5.04. The van der Waals surface area contributed by atoms with Gasteiger partial charge in [0.15, 0.2) is 6.54 Å². The van der Waals surface area contributed by atoms with E-state index in [4.69, 9.17) is 5.26 Å². The number of hydrogen-bond donors (Lipinski definition) is 0. The molecule has 1 aromatic heterocycles. The molecule has 0 aromatic carbocycles. The molecule has 2 nitrogen and oxygen atoms in total. The van der Waals surface area contributed by atoms with E-state index in [0.29, 0.717) is 6.42 Å². The van der Waals surface area contributed by atoms with E-state index in [-0.39, 0.29) is 24.0 Å². The summed E-state index contributed by atoms with van der Waals surface area (Å²) in [5.41, 5.74) is 0. The van der Waals surface area contributed by atoms with Crippen LogP contribution in [0.25, 0.3) is 0 Å². The first-order valence-electron chi connectivity index (χ1n) is 3.28. The second-order valence-electron chi connectivity index (χ2n) is 2.10. The van der Waals surface area contributed by atoms with Gasteiger partial charge in [0.1, 0.15) is 7.05 Å². The van der Waals surface area contributed by atoms with Gasteiger partial charge in [0.25, 0.3) is 0 Å². The molecule has 12 heavy (non-hydrogen) atoms. The van der Waals surface area contributed by atoms with Crippen LogP contribution >= 0.6 is 22.7 Å². The maximum Gasteiger partial charge on any atom is 0.313 e. The van der Waals surface area contributed by atoms with Gasteiger partial charge in [-0.2, -0.15) is 5.26 Å². The highest BCUT2D eigenvalue weighted by Gasteiger charge is 1.97. The van der Waals surface area contributed by atoms with E-state index in [0.717, 1.165) is 6.54 Å². The van der Waals surface area contributed by atoms with Gasteiger partial charge in [-0.3, -0.25) is 0 Å². The van der Waals surface area contributed by atoms with E-state index in [1.54, 1.807) is 22.7 Å². The molecule has 1 rings (SSSR count). The second kappa shape index (κ2) is 6.57. The molecule has 0 saturated carbocycles. The lowest BCUT2D eigenvalue weighted by Crippen LogP contribution is -3.00. The monoisotopic (exact) mass is 312 g/mol. The fourth-order valence-corrected chi connectivity index (χ4v) is 2.46. The summed E-state index contributed by atoms with van der Waals surface area (Å²) >= 11 is 3.43. The molecule has 66 valence electrons. The number of halogens is 1. The Hall–Kier alpha value is 0.0700. The molecule has 1 heterocycles. The highest BCUT2D eigenvalue weighted by atomic mass is 127. The summed E-state index contributed by atoms with van der Waals surface area (Å²) in [4.78, 5) is 0. The van der Waals surface area contributed by atoms with Crippen LogP contribution in [0.15, 0.2) is 10.8 Å². The fourth-order valence-electron chi connectivity index (χ4n) is 0.689. The molecular formula is C7H9IN2S2. The molecule has 0 aliphatic rings. The zero-order valence-electron chi connectivity index (χ0n) is 6.66. The summed E-state index contributed by atoms with van der Waals surface area (Å²) in [5.74, 6) is 0. The van der Waals surface area contributed by atoms with E-state index in [2.05, 4.69) is 21.4 Å². The zero-order chi connectivity index (χ0) is 8.10. The van der Waals surface area contributed by atoms with Crippen LogP contribution < -0.4 is 32.5 Å². The third-order valence-corrected chi connectivity index (χ3v) is 3.58. The van der Waals surface area contributed by atoms with Crippen LogP contribution in [-0.2, 0) is 0 Å². The van der Waals surface area contributed by atoms with E-state index in [1.807, 2.05) is 7.05 Å². The van der Waals surface area contributed by atoms with Crippen molar-refractivity contribution < 1.29 is 24.0 Å². The minimum absolute atomic E-state index is 0. The maximum atomic E-state index is 8.34. The molecule has 0 aliphatic carbocycles. The normalized spacial score (nSPS) is 8.33. The van der Waals surface area contributed by atoms with Gasteiger partial charge in [-0.15, -0.1) is 0 Å². The molecule has 0 aliphatic heterocycles. The average Bonchev–Trinajstić information content (AvgIpc) is 2.52. The SMILES string of the molecule is C[N+](CCC#N)=c1sccs1.[I-]. The van der Waals surface area contributed by atoms with Crippen molar-refractivity contribution in [1.29, 1.82) is 5.26 Å². The molecule has 0 bridgehead atoms. The molecule has 0 fully saturated rings. The van der Waals surface area contributed by atoms with Crippen molar-refractivity contribution in [2.45, 2.75) is 6.42 Å². The largest absolute Gasteiger partial charge is 1.00 e. The lowest BCUT2D eigenvalue weighted by atomic mass is 10.5. The molecule has 0 N–H and O–H groups in total. The van der Waals surface area contributed by atoms with Crippen LogP contribution in [0.2, 0.25) is 0 Å². The summed E-state index contributed by atoms with van der Waals surface area (Å²) in [5, 5.41) is 12.5. The Morgan fingerprint density at radius 1 is 1.50 bits per heavy atom. The van der Waals surface area contributed by atoms with Crippen LogP contribution in [0.1, 0.15) is 6.42 Å². The van der Waals surface area contributed by atoms with Gasteiger partial charge in [0.05, 0.1) is 12.5 Å². The van der Waals surface area contributed by atoms with Gasteiger partial charge in [0, 0.05) is 10.8 Å². The molecule has 0 saturated heterocycles. The van der Waals surface area contributed by atoms with E-state index < -0.39 is 0 Å². The van der Waals surface area contributed by atoms with Crippen molar-refractivity contribution in [3.05, 3.63) is 14.7 Å². The van der Waals surface area contributed by atoms with Crippen molar-refractivity contribution >= 4 is 22.7 Å². The molecular weight excluding hydrogens is 303 g/mol. The fraction of sp³-hybridized carbons (Fsp3) is 0.429. The Morgan fingerprint density at radius 2 is 2.08 bits per heavy atom. The lowest BCUT2D eigenvalue weighted by molar-refractivity contribution is -0.00000245. The maximum absolute atomic E-state index is 8.34. The summed E-state index contributed by atoms with van der Waals surface area (Å²) < 4.78 is 3.37. The van der Waals surface area contributed by atoms with Crippen molar-refractivity contribution in [3.63, 3.8) is 0 Å². The van der Waals surface area contributed by atoms with Gasteiger partial charge < -0.3 is 24.0 Å². The standard InChI is InChI=1S/C7H9N2S2.HI/c1-9(4-2-3-8)7-10-5-6-11-7;/h5-6H,2,4H2,1H3;1H/q+1;/p-1. The Balaban J connectivity index is 0.00000121. The molecule has 0 radical (unpaired) electrons. The van der Waals surface area contributed by atoms with E-state index in [9.17, 15) is 0 Å². The Labute approximate surface area is 96.8 Å². The van der Waals surface area contributed by atoms with E-state index in [1.165, 1.54) is 3.98 Å². The molecule has 0 spiro atoms. The van der Waals surface area contributed by atoms with Crippen molar-refractivity contribution in [1.82, 2.24) is 4.58 Å². The summed E-state index contributed by atoms with van der Waals surface area (Å²) in [7, 11) is 2.01. The predicted molar refractivity (Wildman–Crippen MR) is 48.5 cm³/mol. The minimum Gasteiger partial charge on any atom is -1.00 e. The van der Waals surface area contributed by atoms with E-state index >= 15 is 0 Å². The lowest BCUT2D eigenvalue weighted by Gasteiger charge is -1.86. The van der Waals surface area contributed by atoms with Gasteiger partial charge in [-0.25, -0.2) is 4.58 Å². The Kier molecular flexibility index (Phi) is 6.61. The van der Waals surface area contributed by atoms with Crippen molar-refractivity contribution in [3.8, 4) is 6.07 Å². The van der Waals surface area contributed by atoms with Gasteiger partial charge >= 0.3 is 3.98 Å². The first-order chi connectivity index (χ1) is 5.34. The predicted octanol–water partition coefficient (Wildman–Crippen LogP) is -1.87. The van der Waals surface area contributed by atoms with Crippen molar-refractivity contribution in [2.24, 2.45) is 0 Å². The highest BCUT2D eigenvalue weighted by molar-refractivity contribution is 7.24. The van der Waals surface area contributed by atoms with Gasteiger partial charge in [0.2, 0.25) is 0 Å². The number of nitrogens with zero attached hydrogens (tertiary/aromatic N) is 2. The van der Waals surface area contributed by atoms with Crippen molar-refractivity contribution in [2.75, 3.05) is 13.6 Å². The molecule has 0 atom stereocenters. The van der Waals surface area contributed by atoms with Gasteiger partial charge in [-0.05, 0) is 0 Å². The topological polar surface area (TPSA) is 26.8 Å². The average molecular weight is 312 g/mol. The zero-order valence-corrected chi connectivity index (χ0v) is 10.4. The summed E-state index contributed by atoms with van der Waals surface area (Å²) in [6.45, 7) is 0.827. The second-order valence-corrected chi connectivity index (χ2v) is 4.15. The third kappa shape index (κ3) is 3.65. The van der Waals surface area contributed by atoms with Crippen LogP contribution in [0.5, 0.6) is 0 Å². The number of rotatable bonds is 2. The summed E-state index contributed by atoms with van der Waals surface area (Å²) in [6.07, 6.45) is 0.598.